The SMILES string of the molecule is CC[C@H](C)NC(=O)c1ccc(-c2cn[nH]c2C)o1. The third kappa shape index (κ3) is 2.45. The third-order valence-corrected chi connectivity index (χ3v) is 2.92. The number of carbonyl (C=O) groups is 1. The van der Waals surface area contributed by atoms with Crippen LogP contribution in [0.25, 0.3) is 11.3 Å². The molecule has 2 rings (SSSR count). The first-order chi connectivity index (χ1) is 8.61. The lowest BCUT2D eigenvalue weighted by Crippen LogP contribution is -2.31. The molecule has 18 heavy (non-hydrogen) atoms. The van der Waals surface area contributed by atoms with Crippen LogP contribution in [0.4, 0.5) is 0 Å². The van der Waals surface area contributed by atoms with Crippen molar-refractivity contribution in [3.63, 3.8) is 0 Å². The van der Waals surface area contributed by atoms with Gasteiger partial charge in [-0.3, -0.25) is 9.89 Å². The Labute approximate surface area is 106 Å². The summed E-state index contributed by atoms with van der Waals surface area (Å²) in [4.78, 5) is 11.9. The van der Waals surface area contributed by atoms with Gasteiger partial charge < -0.3 is 9.73 Å². The predicted molar refractivity (Wildman–Crippen MR) is 68.2 cm³/mol. The van der Waals surface area contributed by atoms with Gasteiger partial charge in [0.15, 0.2) is 5.76 Å². The number of hydrogen-bond donors (Lipinski definition) is 2. The monoisotopic (exact) mass is 247 g/mol. The fourth-order valence-electron chi connectivity index (χ4n) is 1.60. The van der Waals surface area contributed by atoms with Crippen molar-refractivity contribution in [3.05, 3.63) is 29.8 Å². The largest absolute Gasteiger partial charge is 0.451 e. The molecule has 0 saturated carbocycles. The van der Waals surface area contributed by atoms with Crippen molar-refractivity contribution in [2.75, 3.05) is 0 Å². The molecule has 0 bridgehead atoms. The minimum Gasteiger partial charge on any atom is -0.451 e. The number of furan rings is 1. The van der Waals surface area contributed by atoms with E-state index in [0.717, 1.165) is 17.7 Å². The Balaban J connectivity index is 2.16. The van der Waals surface area contributed by atoms with Crippen molar-refractivity contribution in [2.45, 2.75) is 33.2 Å². The van der Waals surface area contributed by atoms with Crippen LogP contribution in [-0.4, -0.2) is 22.1 Å². The minimum absolute atomic E-state index is 0.140. The predicted octanol–water partition coefficient (Wildman–Crippen LogP) is 2.51. The first-order valence-corrected chi connectivity index (χ1v) is 6.02. The Morgan fingerprint density at radius 1 is 1.56 bits per heavy atom. The van der Waals surface area contributed by atoms with E-state index >= 15 is 0 Å². The van der Waals surface area contributed by atoms with Gasteiger partial charge in [-0.15, -0.1) is 0 Å². The molecule has 0 radical (unpaired) electrons. The smallest absolute Gasteiger partial charge is 0.287 e. The first-order valence-electron chi connectivity index (χ1n) is 6.02. The number of aromatic nitrogens is 2. The number of nitrogens with zero attached hydrogens (tertiary/aromatic N) is 1. The molecule has 0 unspecified atom stereocenters. The molecule has 0 aromatic carbocycles. The van der Waals surface area contributed by atoms with Crippen LogP contribution in [0.1, 0.15) is 36.5 Å². The van der Waals surface area contributed by atoms with Crippen molar-refractivity contribution < 1.29 is 9.21 Å². The second-order valence-electron chi connectivity index (χ2n) is 4.36. The van der Waals surface area contributed by atoms with Crippen LogP contribution in [0.2, 0.25) is 0 Å². The lowest BCUT2D eigenvalue weighted by atomic mass is 10.2. The molecule has 2 heterocycles. The molecule has 1 amide bonds. The summed E-state index contributed by atoms with van der Waals surface area (Å²) in [5.74, 6) is 0.790. The van der Waals surface area contributed by atoms with Gasteiger partial charge in [0.25, 0.3) is 5.91 Å². The standard InChI is InChI=1S/C13H17N3O2/c1-4-8(2)15-13(17)12-6-5-11(18-12)10-7-14-16-9(10)3/h5-8H,4H2,1-3H3,(H,14,16)(H,15,17)/t8-/m0/s1. The number of carbonyl (C=O) groups excluding carboxylic acids is 1. The molecule has 0 aliphatic carbocycles. The summed E-state index contributed by atoms with van der Waals surface area (Å²) >= 11 is 0. The van der Waals surface area contributed by atoms with Crippen LogP contribution in [0.3, 0.4) is 0 Å². The zero-order valence-electron chi connectivity index (χ0n) is 10.8. The van der Waals surface area contributed by atoms with Crippen LogP contribution < -0.4 is 5.32 Å². The number of H-pyrrole nitrogens is 1. The summed E-state index contributed by atoms with van der Waals surface area (Å²) < 4.78 is 5.54. The molecule has 0 aliphatic heterocycles. The van der Waals surface area contributed by atoms with E-state index in [1.54, 1.807) is 18.3 Å². The highest BCUT2D eigenvalue weighted by Gasteiger charge is 2.15. The van der Waals surface area contributed by atoms with Crippen LogP contribution in [0.15, 0.2) is 22.7 Å². The minimum atomic E-state index is -0.184. The molecular formula is C13H17N3O2. The van der Waals surface area contributed by atoms with Gasteiger partial charge in [-0.25, -0.2) is 0 Å². The Kier molecular flexibility index (Phi) is 3.50. The lowest BCUT2D eigenvalue weighted by molar-refractivity contribution is 0.0912. The van der Waals surface area contributed by atoms with Crippen molar-refractivity contribution >= 4 is 5.91 Å². The molecule has 5 heteroatoms. The molecule has 2 N–H and O–H groups in total. The summed E-state index contributed by atoms with van der Waals surface area (Å²) in [6.07, 6.45) is 2.57. The van der Waals surface area contributed by atoms with Crippen molar-refractivity contribution in [1.82, 2.24) is 15.5 Å². The second kappa shape index (κ2) is 5.08. The van der Waals surface area contributed by atoms with Gasteiger partial charge in [-0.1, -0.05) is 6.92 Å². The van der Waals surface area contributed by atoms with E-state index in [1.807, 2.05) is 20.8 Å². The average Bonchev–Trinajstić information content (AvgIpc) is 2.96. The molecule has 2 aromatic heterocycles. The van der Waals surface area contributed by atoms with E-state index in [0.29, 0.717) is 11.5 Å². The number of aromatic amines is 1. The number of aryl methyl sites for hydroxylation is 1. The number of rotatable bonds is 4. The molecule has 0 aliphatic rings. The maximum absolute atomic E-state index is 11.9. The molecule has 2 aromatic rings. The van der Waals surface area contributed by atoms with Gasteiger partial charge in [0, 0.05) is 11.7 Å². The lowest BCUT2D eigenvalue weighted by Gasteiger charge is -2.09. The van der Waals surface area contributed by atoms with Gasteiger partial charge >= 0.3 is 0 Å². The van der Waals surface area contributed by atoms with Crippen LogP contribution in [0.5, 0.6) is 0 Å². The van der Waals surface area contributed by atoms with Gasteiger partial charge in [0.2, 0.25) is 0 Å². The number of amides is 1. The normalized spacial score (nSPS) is 12.4. The number of nitrogens with one attached hydrogen (secondary N) is 2. The van der Waals surface area contributed by atoms with Crippen molar-refractivity contribution in [3.8, 4) is 11.3 Å². The zero-order valence-corrected chi connectivity index (χ0v) is 10.8. The maximum atomic E-state index is 11.9. The Morgan fingerprint density at radius 2 is 2.33 bits per heavy atom. The summed E-state index contributed by atoms with van der Waals surface area (Å²) in [5.41, 5.74) is 1.79. The Morgan fingerprint density at radius 3 is 2.94 bits per heavy atom. The van der Waals surface area contributed by atoms with Gasteiger partial charge in [-0.2, -0.15) is 5.10 Å². The highest BCUT2D eigenvalue weighted by atomic mass is 16.3. The van der Waals surface area contributed by atoms with Crippen LogP contribution in [-0.2, 0) is 0 Å². The molecule has 5 nitrogen and oxygen atoms in total. The number of hydrogen-bond acceptors (Lipinski definition) is 3. The fraction of sp³-hybridized carbons (Fsp3) is 0.385. The molecule has 96 valence electrons. The van der Waals surface area contributed by atoms with E-state index < -0.39 is 0 Å². The van der Waals surface area contributed by atoms with Gasteiger partial charge in [0.05, 0.1) is 11.8 Å². The summed E-state index contributed by atoms with van der Waals surface area (Å²) in [7, 11) is 0. The van der Waals surface area contributed by atoms with Crippen LogP contribution >= 0.6 is 0 Å². The summed E-state index contributed by atoms with van der Waals surface area (Å²) in [6, 6.07) is 3.60. The second-order valence-corrected chi connectivity index (χ2v) is 4.36. The van der Waals surface area contributed by atoms with E-state index in [9.17, 15) is 4.79 Å². The molecule has 1 atom stereocenters. The molecule has 0 saturated heterocycles. The third-order valence-electron chi connectivity index (χ3n) is 2.92. The van der Waals surface area contributed by atoms with E-state index in [-0.39, 0.29) is 11.9 Å². The van der Waals surface area contributed by atoms with E-state index in [4.69, 9.17) is 4.42 Å². The molecule has 0 spiro atoms. The highest BCUT2D eigenvalue weighted by molar-refractivity contribution is 5.92. The van der Waals surface area contributed by atoms with Gasteiger partial charge in [0.1, 0.15) is 5.76 Å². The van der Waals surface area contributed by atoms with E-state index in [1.165, 1.54) is 0 Å². The fourth-order valence-corrected chi connectivity index (χ4v) is 1.60. The molecule has 0 fully saturated rings. The molecular weight excluding hydrogens is 230 g/mol. The topological polar surface area (TPSA) is 70.9 Å². The summed E-state index contributed by atoms with van der Waals surface area (Å²) in [6.45, 7) is 5.89. The first kappa shape index (κ1) is 12.4. The average molecular weight is 247 g/mol. The van der Waals surface area contributed by atoms with Gasteiger partial charge in [-0.05, 0) is 32.4 Å². The van der Waals surface area contributed by atoms with Crippen molar-refractivity contribution in [1.29, 1.82) is 0 Å². The highest BCUT2D eigenvalue weighted by Crippen LogP contribution is 2.23. The Hall–Kier alpha value is -2.04. The zero-order chi connectivity index (χ0) is 13.1. The summed E-state index contributed by atoms with van der Waals surface area (Å²) in [5, 5.41) is 9.63. The van der Waals surface area contributed by atoms with Crippen LogP contribution in [0, 0.1) is 6.92 Å². The van der Waals surface area contributed by atoms with Crippen molar-refractivity contribution in [2.24, 2.45) is 0 Å². The van der Waals surface area contributed by atoms with E-state index in [2.05, 4.69) is 15.5 Å². The Bertz CT molecular complexity index is 542. The quantitative estimate of drug-likeness (QED) is 0.872. The maximum Gasteiger partial charge on any atom is 0.287 e.